The molecule has 1 aromatic carbocycles. The minimum atomic E-state index is -0.238. The third kappa shape index (κ3) is 4.53. The molecule has 0 unspecified atom stereocenters. The quantitative estimate of drug-likeness (QED) is 0.416. The van der Waals surface area contributed by atoms with Gasteiger partial charge in [0.25, 0.3) is 0 Å². The molecule has 2 aliphatic heterocycles. The van der Waals surface area contributed by atoms with Crippen LogP contribution < -0.4 is 4.90 Å². The number of hydrogen-bond donors (Lipinski definition) is 0. The van der Waals surface area contributed by atoms with E-state index in [-0.39, 0.29) is 5.82 Å². The fourth-order valence-electron chi connectivity index (χ4n) is 5.23. The first-order valence-corrected chi connectivity index (χ1v) is 13.2. The van der Waals surface area contributed by atoms with E-state index in [9.17, 15) is 4.39 Å². The first-order valence-electron chi connectivity index (χ1n) is 12.3. The fraction of sp³-hybridized carbons (Fsp3) is 0.462. The zero-order chi connectivity index (χ0) is 23.9. The van der Waals surface area contributed by atoms with Crippen LogP contribution in [0, 0.1) is 5.82 Å². The van der Waals surface area contributed by atoms with Crippen LogP contribution in [-0.2, 0) is 11.3 Å². The van der Waals surface area contributed by atoms with E-state index in [1.807, 2.05) is 28.2 Å². The van der Waals surface area contributed by atoms with Crippen molar-refractivity contribution in [3.05, 3.63) is 47.2 Å². The zero-order valence-corrected chi connectivity index (χ0v) is 21.1. The van der Waals surface area contributed by atoms with Crippen LogP contribution in [0.5, 0.6) is 0 Å². The highest BCUT2D eigenvalue weighted by Crippen LogP contribution is 2.35. The van der Waals surface area contributed by atoms with Gasteiger partial charge < -0.3 is 14.5 Å². The van der Waals surface area contributed by atoms with Crippen LogP contribution in [0.3, 0.4) is 0 Å². The van der Waals surface area contributed by atoms with Gasteiger partial charge in [-0.15, -0.1) is 11.3 Å². The van der Waals surface area contributed by atoms with E-state index in [0.717, 1.165) is 59.7 Å². The van der Waals surface area contributed by atoms with Gasteiger partial charge in [-0.25, -0.2) is 9.37 Å². The fourth-order valence-corrected chi connectivity index (χ4v) is 6.38. The standard InChI is InChI=1S/C26H31FN6OS/c1-30(2)20-6-8-31(9-7-20)17-21-16-22-24(35-21)25(32-11-13-34-14-12-32)29-26(28-22)33-10-5-18-15-19(27)3-4-23(18)33/h3-5,10,15-16,20H,6-9,11-14,17H2,1-2H3. The summed E-state index contributed by atoms with van der Waals surface area (Å²) >= 11 is 1.81. The van der Waals surface area contributed by atoms with Crippen LogP contribution >= 0.6 is 11.3 Å². The minimum absolute atomic E-state index is 0.238. The molecule has 4 aromatic rings. The Balaban J connectivity index is 1.36. The summed E-state index contributed by atoms with van der Waals surface area (Å²) in [5, 5.41) is 0.841. The number of hydrogen-bond acceptors (Lipinski definition) is 7. The number of anilines is 1. The maximum absolute atomic E-state index is 13.8. The molecule has 0 atom stereocenters. The Morgan fingerprint density at radius 3 is 2.63 bits per heavy atom. The summed E-state index contributed by atoms with van der Waals surface area (Å²) in [6.45, 7) is 6.22. The number of halogens is 1. The largest absolute Gasteiger partial charge is 0.378 e. The van der Waals surface area contributed by atoms with Crippen LogP contribution in [-0.4, -0.2) is 83.9 Å². The first-order chi connectivity index (χ1) is 17.0. The molecule has 0 aliphatic carbocycles. The summed E-state index contributed by atoms with van der Waals surface area (Å²) < 4.78 is 22.5. The van der Waals surface area contributed by atoms with Gasteiger partial charge in [0.1, 0.15) is 5.82 Å². The average Bonchev–Trinajstić information content (AvgIpc) is 3.47. The lowest BCUT2D eigenvalue weighted by Gasteiger charge is -2.34. The zero-order valence-electron chi connectivity index (χ0n) is 20.3. The predicted octanol–water partition coefficient (Wildman–Crippen LogP) is 4.14. The Kier molecular flexibility index (Phi) is 6.18. The molecule has 2 aliphatic rings. The molecule has 35 heavy (non-hydrogen) atoms. The van der Waals surface area contributed by atoms with E-state index in [1.165, 1.54) is 23.8 Å². The van der Waals surface area contributed by atoms with Crippen molar-refractivity contribution in [1.82, 2.24) is 24.3 Å². The van der Waals surface area contributed by atoms with Crippen LogP contribution in [0.1, 0.15) is 17.7 Å². The molecule has 9 heteroatoms. The molecule has 0 spiro atoms. The van der Waals surface area contributed by atoms with Crippen LogP contribution in [0.25, 0.3) is 27.1 Å². The molecule has 0 amide bonds. The normalized spacial score (nSPS) is 18.3. The van der Waals surface area contributed by atoms with Crippen molar-refractivity contribution in [2.24, 2.45) is 0 Å². The SMILES string of the molecule is CN(C)C1CCN(Cc2cc3nc(-n4ccc5cc(F)ccc54)nc(N4CCOCC4)c3s2)CC1. The lowest BCUT2D eigenvalue weighted by atomic mass is 10.0. The maximum Gasteiger partial charge on any atom is 0.236 e. The summed E-state index contributed by atoms with van der Waals surface area (Å²) in [5.74, 6) is 1.36. The number of morpholine rings is 1. The van der Waals surface area contributed by atoms with Crippen LogP contribution in [0.2, 0.25) is 0 Å². The van der Waals surface area contributed by atoms with E-state index in [0.29, 0.717) is 25.2 Å². The number of rotatable bonds is 5. The number of fused-ring (bicyclic) bond motifs is 2. The third-order valence-corrected chi connectivity index (χ3v) is 8.34. The number of ether oxygens (including phenoxy) is 1. The molecule has 0 saturated carbocycles. The van der Waals surface area contributed by atoms with Gasteiger partial charge in [0.15, 0.2) is 5.82 Å². The second kappa shape index (κ2) is 9.46. The Bertz CT molecular complexity index is 1340. The summed E-state index contributed by atoms with van der Waals surface area (Å²) in [7, 11) is 4.36. The highest BCUT2D eigenvalue weighted by Gasteiger charge is 2.24. The molecular formula is C26H31FN6OS. The van der Waals surface area contributed by atoms with Gasteiger partial charge in [-0.2, -0.15) is 4.98 Å². The van der Waals surface area contributed by atoms with Crippen molar-refractivity contribution < 1.29 is 9.13 Å². The van der Waals surface area contributed by atoms with Gasteiger partial charge in [0.05, 0.1) is 28.9 Å². The summed E-state index contributed by atoms with van der Waals surface area (Å²) in [5.41, 5.74) is 1.88. The summed E-state index contributed by atoms with van der Waals surface area (Å²) in [6, 6.07) is 9.66. The Morgan fingerprint density at radius 2 is 1.86 bits per heavy atom. The van der Waals surface area contributed by atoms with Gasteiger partial charge in [-0.1, -0.05) is 0 Å². The van der Waals surface area contributed by atoms with E-state index in [4.69, 9.17) is 14.7 Å². The Labute approximate surface area is 208 Å². The monoisotopic (exact) mass is 494 g/mol. The average molecular weight is 495 g/mol. The number of thiophene rings is 1. The van der Waals surface area contributed by atoms with Gasteiger partial charge in [-0.3, -0.25) is 9.47 Å². The summed E-state index contributed by atoms with van der Waals surface area (Å²) in [4.78, 5) is 18.6. The van der Waals surface area contributed by atoms with Crippen molar-refractivity contribution in [3.8, 4) is 5.95 Å². The third-order valence-electron chi connectivity index (χ3n) is 7.24. The van der Waals surface area contributed by atoms with E-state index < -0.39 is 0 Å². The molecule has 184 valence electrons. The molecular weight excluding hydrogens is 463 g/mol. The Hall–Kier alpha value is -2.59. The number of nitrogens with zero attached hydrogens (tertiary/aromatic N) is 6. The molecule has 6 rings (SSSR count). The highest BCUT2D eigenvalue weighted by atomic mass is 32.1. The van der Waals surface area contributed by atoms with Crippen molar-refractivity contribution in [2.45, 2.75) is 25.4 Å². The smallest absolute Gasteiger partial charge is 0.236 e. The van der Waals surface area contributed by atoms with Crippen LogP contribution in [0.4, 0.5) is 10.2 Å². The predicted molar refractivity (Wildman–Crippen MR) is 139 cm³/mol. The van der Waals surface area contributed by atoms with E-state index in [2.05, 4.69) is 34.9 Å². The number of aromatic nitrogens is 3. The second-order valence-electron chi connectivity index (χ2n) is 9.73. The topological polar surface area (TPSA) is 49.7 Å². The molecule has 0 radical (unpaired) electrons. The lowest BCUT2D eigenvalue weighted by Crippen LogP contribution is -2.41. The maximum atomic E-state index is 13.8. The van der Waals surface area contributed by atoms with Gasteiger partial charge in [0.2, 0.25) is 5.95 Å². The van der Waals surface area contributed by atoms with Gasteiger partial charge in [-0.05, 0) is 57.3 Å². The molecule has 0 bridgehead atoms. The summed E-state index contributed by atoms with van der Waals surface area (Å²) in [6.07, 6.45) is 4.35. The van der Waals surface area contributed by atoms with E-state index >= 15 is 0 Å². The van der Waals surface area contributed by atoms with Crippen LogP contribution in [0.15, 0.2) is 36.5 Å². The minimum Gasteiger partial charge on any atom is -0.378 e. The van der Waals surface area contributed by atoms with Gasteiger partial charge >= 0.3 is 0 Å². The van der Waals surface area contributed by atoms with Crippen molar-refractivity contribution in [3.63, 3.8) is 0 Å². The van der Waals surface area contributed by atoms with Crippen molar-refractivity contribution in [1.29, 1.82) is 0 Å². The number of piperidine rings is 1. The molecule has 2 fully saturated rings. The van der Waals surface area contributed by atoms with Gasteiger partial charge in [0, 0.05) is 55.2 Å². The van der Waals surface area contributed by atoms with Crippen molar-refractivity contribution in [2.75, 3.05) is 58.4 Å². The molecule has 7 nitrogen and oxygen atoms in total. The molecule has 2 saturated heterocycles. The lowest BCUT2D eigenvalue weighted by molar-refractivity contribution is 0.122. The number of likely N-dealkylation sites (tertiary alicyclic amines) is 1. The second-order valence-corrected chi connectivity index (χ2v) is 10.9. The van der Waals surface area contributed by atoms with E-state index in [1.54, 1.807) is 12.1 Å². The molecule has 5 heterocycles. The molecule has 0 N–H and O–H groups in total. The first kappa shape index (κ1) is 22.8. The molecule has 3 aromatic heterocycles. The number of benzene rings is 1. The Morgan fingerprint density at radius 1 is 1.06 bits per heavy atom. The highest BCUT2D eigenvalue weighted by molar-refractivity contribution is 7.19. The van der Waals surface area contributed by atoms with Crippen molar-refractivity contribution >= 4 is 38.3 Å².